The first-order valence-corrected chi connectivity index (χ1v) is 5.99. The molecule has 4 heteroatoms. The van der Waals surface area contributed by atoms with Gasteiger partial charge in [-0.05, 0) is 35.3 Å². The van der Waals surface area contributed by atoms with Gasteiger partial charge < -0.3 is 20.4 Å². The van der Waals surface area contributed by atoms with E-state index in [9.17, 15) is 20.4 Å². The molecule has 0 spiro atoms. The fourth-order valence-corrected chi connectivity index (χ4v) is 2.02. The van der Waals surface area contributed by atoms with Crippen LogP contribution in [-0.2, 0) is 0 Å². The van der Waals surface area contributed by atoms with Gasteiger partial charge in [-0.25, -0.2) is 0 Å². The second-order valence-corrected chi connectivity index (χ2v) is 4.62. The lowest BCUT2D eigenvalue weighted by molar-refractivity contribution is 0.274. The highest BCUT2D eigenvalue weighted by Crippen LogP contribution is 2.28. The van der Waals surface area contributed by atoms with E-state index in [0.29, 0.717) is 0 Å². The lowest BCUT2D eigenvalue weighted by Gasteiger charge is -2.14. The largest absolute Gasteiger partial charge is 0.508 e. The van der Waals surface area contributed by atoms with Crippen LogP contribution in [0, 0.1) is 0 Å². The average molecular weight is 260 g/mol. The van der Waals surface area contributed by atoms with Crippen molar-refractivity contribution in [2.45, 2.75) is 19.3 Å². The Labute approximate surface area is 111 Å². The molecular weight excluding hydrogens is 244 g/mol. The van der Waals surface area contributed by atoms with Crippen molar-refractivity contribution in [3.8, 4) is 5.75 Å². The lowest BCUT2D eigenvalue weighted by atomic mass is 9.94. The van der Waals surface area contributed by atoms with Gasteiger partial charge >= 0.3 is 0 Å². The van der Waals surface area contributed by atoms with Crippen molar-refractivity contribution >= 4 is 0 Å². The van der Waals surface area contributed by atoms with Crippen LogP contribution in [0.4, 0.5) is 0 Å². The molecule has 0 aromatic heterocycles. The number of phenols is 1. The molecule has 0 aliphatic heterocycles. The van der Waals surface area contributed by atoms with E-state index in [4.69, 9.17) is 0 Å². The minimum Gasteiger partial charge on any atom is -0.508 e. The normalized spacial score (nSPS) is 19.4. The summed E-state index contributed by atoms with van der Waals surface area (Å²) in [5.74, 6) is -0.747. The summed E-state index contributed by atoms with van der Waals surface area (Å²) in [6, 6.07) is 6.86. The highest BCUT2D eigenvalue weighted by molar-refractivity contribution is 5.40. The van der Waals surface area contributed by atoms with E-state index in [0.717, 1.165) is 11.1 Å². The Kier molecular flexibility index (Phi) is 3.51. The number of aliphatic hydroxyl groups is 3. The van der Waals surface area contributed by atoms with Crippen LogP contribution >= 0.6 is 0 Å². The summed E-state index contributed by atoms with van der Waals surface area (Å²) in [5.41, 5.74) is 1.74. The van der Waals surface area contributed by atoms with E-state index < -0.39 is 5.76 Å². The standard InChI is InChI=1S/C15H16O4/c1-9(11-2-4-12(16)5-3-11)6-10-7-13(17)15(19)14(18)8-10/h2-7,9,16-19H,8H2,1H3. The fraction of sp³-hybridized carbons (Fsp3) is 0.200. The van der Waals surface area contributed by atoms with Gasteiger partial charge in [0.25, 0.3) is 0 Å². The van der Waals surface area contributed by atoms with Crippen LogP contribution in [0.5, 0.6) is 5.75 Å². The number of phenolic OH excluding ortho intramolecular Hbond substituents is 1. The summed E-state index contributed by atoms with van der Waals surface area (Å²) in [6.45, 7) is 1.97. The van der Waals surface area contributed by atoms with Crippen molar-refractivity contribution in [3.63, 3.8) is 0 Å². The predicted molar refractivity (Wildman–Crippen MR) is 72.2 cm³/mol. The first-order chi connectivity index (χ1) is 8.97. The van der Waals surface area contributed by atoms with Gasteiger partial charge in [0.1, 0.15) is 11.5 Å². The SMILES string of the molecule is CC(C=C1C=C(O)C(O)=C(O)C1)c1ccc(O)cc1. The minimum atomic E-state index is -0.463. The first kappa shape index (κ1) is 13.1. The maximum atomic E-state index is 9.49. The van der Waals surface area contributed by atoms with Crippen molar-refractivity contribution in [1.82, 2.24) is 0 Å². The highest BCUT2D eigenvalue weighted by atomic mass is 16.3. The van der Waals surface area contributed by atoms with Crippen LogP contribution in [0.3, 0.4) is 0 Å². The quantitative estimate of drug-likeness (QED) is 0.655. The summed E-state index contributed by atoms with van der Waals surface area (Å²) in [6.07, 6.45) is 3.52. The van der Waals surface area contributed by atoms with Crippen LogP contribution in [0.1, 0.15) is 24.8 Å². The third-order valence-electron chi connectivity index (χ3n) is 3.09. The number of rotatable bonds is 2. The molecule has 0 radical (unpaired) electrons. The second-order valence-electron chi connectivity index (χ2n) is 4.62. The van der Waals surface area contributed by atoms with Gasteiger partial charge in [0, 0.05) is 6.42 Å². The Morgan fingerprint density at radius 2 is 1.68 bits per heavy atom. The molecule has 1 aromatic carbocycles. The zero-order chi connectivity index (χ0) is 14.0. The van der Waals surface area contributed by atoms with Gasteiger partial charge in [-0.2, -0.15) is 0 Å². The van der Waals surface area contributed by atoms with Crippen molar-refractivity contribution in [3.05, 3.63) is 64.8 Å². The van der Waals surface area contributed by atoms with Gasteiger partial charge in [0.2, 0.25) is 0 Å². The Hall–Kier alpha value is -2.36. The molecule has 0 saturated heterocycles. The molecule has 1 aliphatic carbocycles. The molecule has 0 fully saturated rings. The molecule has 1 aromatic rings. The molecule has 0 amide bonds. The number of aromatic hydroxyl groups is 1. The molecule has 0 bridgehead atoms. The average Bonchev–Trinajstić information content (AvgIpc) is 2.36. The summed E-state index contributed by atoms with van der Waals surface area (Å²) < 4.78 is 0. The number of aliphatic hydroxyl groups excluding tert-OH is 3. The maximum Gasteiger partial charge on any atom is 0.196 e. The summed E-state index contributed by atoms with van der Waals surface area (Å²) in [5, 5.41) is 37.5. The van der Waals surface area contributed by atoms with Gasteiger partial charge in [0.05, 0.1) is 0 Å². The number of hydrogen-bond acceptors (Lipinski definition) is 4. The molecule has 100 valence electrons. The molecule has 0 heterocycles. The summed E-state index contributed by atoms with van der Waals surface area (Å²) in [4.78, 5) is 0. The van der Waals surface area contributed by atoms with Crippen LogP contribution in [0.15, 0.2) is 59.3 Å². The zero-order valence-electron chi connectivity index (χ0n) is 10.5. The van der Waals surface area contributed by atoms with Crippen molar-refractivity contribution in [2.24, 2.45) is 0 Å². The molecular formula is C15H16O4. The van der Waals surface area contributed by atoms with Crippen LogP contribution in [0.25, 0.3) is 0 Å². The Balaban J connectivity index is 2.21. The van der Waals surface area contributed by atoms with Gasteiger partial charge in [-0.1, -0.05) is 25.1 Å². The number of allylic oxidation sites excluding steroid dienone is 3. The van der Waals surface area contributed by atoms with Crippen LogP contribution < -0.4 is 0 Å². The van der Waals surface area contributed by atoms with E-state index in [1.54, 1.807) is 12.1 Å². The predicted octanol–water partition coefficient (Wildman–Crippen LogP) is 3.60. The summed E-state index contributed by atoms with van der Waals surface area (Å²) >= 11 is 0. The molecule has 2 rings (SSSR count). The highest BCUT2D eigenvalue weighted by Gasteiger charge is 2.17. The lowest BCUT2D eigenvalue weighted by Crippen LogP contribution is -2.03. The van der Waals surface area contributed by atoms with Gasteiger partial charge in [-0.15, -0.1) is 0 Å². The van der Waals surface area contributed by atoms with E-state index in [1.165, 1.54) is 6.08 Å². The summed E-state index contributed by atoms with van der Waals surface area (Å²) in [7, 11) is 0. The second kappa shape index (κ2) is 5.10. The minimum absolute atomic E-state index is 0.0627. The smallest absolute Gasteiger partial charge is 0.196 e. The zero-order valence-corrected chi connectivity index (χ0v) is 10.5. The molecule has 4 nitrogen and oxygen atoms in total. The van der Waals surface area contributed by atoms with Crippen molar-refractivity contribution < 1.29 is 20.4 Å². The molecule has 1 atom stereocenters. The molecule has 1 aliphatic rings. The molecule has 0 saturated carbocycles. The van der Waals surface area contributed by atoms with Crippen molar-refractivity contribution in [2.75, 3.05) is 0 Å². The van der Waals surface area contributed by atoms with Gasteiger partial charge in [0.15, 0.2) is 11.5 Å². The fourth-order valence-electron chi connectivity index (χ4n) is 2.02. The van der Waals surface area contributed by atoms with Gasteiger partial charge in [-0.3, -0.25) is 0 Å². The third-order valence-corrected chi connectivity index (χ3v) is 3.09. The molecule has 1 unspecified atom stereocenters. The first-order valence-electron chi connectivity index (χ1n) is 5.99. The number of hydrogen-bond donors (Lipinski definition) is 4. The topological polar surface area (TPSA) is 80.9 Å². The number of benzene rings is 1. The van der Waals surface area contributed by atoms with Crippen molar-refractivity contribution in [1.29, 1.82) is 0 Å². The maximum absolute atomic E-state index is 9.49. The van der Waals surface area contributed by atoms with E-state index >= 15 is 0 Å². The van der Waals surface area contributed by atoms with E-state index in [2.05, 4.69) is 0 Å². The Bertz CT molecular complexity index is 564. The molecule has 4 N–H and O–H groups in total. The van der Waals surface area contributed by atoms with Crippen LogP contribution in [0.2, 0.25) is 0 Å². The molecule has 19 heavy (non-hydrogen) atoms. The van der Waals surface area contributed by atoms with E-state index in [-0.39, 0.29) is 29.6 Å². The Morgan fingerprint density at radius 1 is 1.05 bits per heavy atom. The third kappa shape index (κ3) is 2.91. The Morgan fingerprint density at radius 3 is 2.26 bits per heavy atom. The monoisotopic (exact) mass is 260 g/mol. The van der Waals surface area contributed by atoms with E-state index in [1.807, 2.05) is 25.1 Å². The van der Waals surface area contributed by atoms with Crippen LogP contribution in [-0.4, -0.2) is 20.4 Å².